The van der Waals surface area contributed by atoms with E-state index in [0.717, 1.165) is 11.1 Å². The summed E-state index contributed by atoms with van der Waals surface area (Å²) in [6.45, 7) is 2.00. The Balaban J connectivity index is 2.14. The van der Waals surface area contributed by atoms with Crippen molar-refractivity contribution in [3.8, 4) is 6.01 Å². The van der Waals surface area contributed by atoms with Crippen LogP contribution in [0.2, 0.25) is 0 Å². The highest BCUT2D eigenvalue weighted by atomic mass is 16.5. The molecule has 2 aromatic rings. The maximum atomic E-state index is 12.2. The van der Waals surface area contributed by atoms with Crippen LogP contribution in [0, 0.1) is 6.92 Å². The number of rotatable bonds is 5. The van der Waals surface area contributed by atoms with E-state index in [1.54, 1.807) is 11.1 Å². The van der Waals surface area contributed by atoms with Crippen molar-refractivity contribution in [2.75, 3.05) is 31.4 Å². The quantitative estimate of drug-likeness (QED) is 0.915. The van der Waals surface area contributed by atoms with Crippen LogP contribution in [0.5, 0.6) is 6.01 Å². The first-order valence-electron chi connectivity index (χ1n) is 6.93. The van der Waals surface area contributed by atoms with Gasteiger partial charge in [-0.1, -0.05) is 29.8 Å². The van der Waals surface area contributed by atoms with Crippen LogP contribution in [-0.4, -0.2) is 37.1 Å². The van der Waals surface area contributed by atoms with E-state index in [9.17, 15) is 4.79 Å². The fraction of sp³-hybridized carbons (Fsp3) is 0.312. The minimum absolute atomic E-state index is 0.109. The van der Waals surface area contributed by atoms with Crippen LogP contribution < -0.4 is 15.0 Å². The van der Waals surface area contributed by atoms with E-state index < -0.39 is 0 Å². The van der Waals surface area contributed by atoms with Crippen LogP contribution in [0.25, 0.3) is 0 Å². The van der Waals surface area contributed by atoms with Gasteiger partial charge in [0, 0.05) is 14.1 Å². The molecule has 0 radical (unpaired) electrons. The van der Waals surface area contributed by atoms with E-state index in [1.165, 1.54) is 7.11 Å². The molecule has 0 aliphatic heterocycles. The summed E-state index contributed by atoms with van der Waals surface area (Å²) >= 11 is 0. The second-order valence-corrected chi connectivity index (χ2v) is 5.20. The lowest BCUT2D eigenvalue weighted by Crippen LogP contribution is -2.19. The SMILES string of the molecule is COc1ncc(NC(=O)Cc2cccc(C)c2)c(N(C)C)n1. The topological polar surface area (TPSA) is 67.3 Å². The van der Waals surface area contributed by atoms with Gasteiger partial charge in [0.15, 0.2) is 5.82 Å². The van der Waals surface area contributed by atoms with Crippen molar-refractivity contribution in [1.82, 2.24) is 9.97 Å². The normalized spacial score (nSPS) is 10.2. The zero-order valence-corrected chi connectivity index (χ0v) is 13.3. The molecular weight excluding hydrogens is 280 g/mol. The van der Waals surface area contributed by atoms with Crippen LogP contribution in [0.15, 0.2) is 30.5 Å². The third-order valence-corrected chi connectivity index (χ3v) is 3.07. The summed E-state index contributed by atoms with van der Waals surface area (Å²) in [5, 5.41) is 2.85. The Bertz CT molecular complexity index is 671. The van der Waals surface area contributed by atoms with Crippen molar-refractivity contribution in [2.45, 2.75) is 13.3 Å². The Morgan fingerprint density at radius 2 is 2.14 bits per heavy atom. The molecule has 0 atom stereocenters. The molecule has 0 unspecified atom stereocenters. The summed E-state index contributed by atoms with van der Waals surface area (Å²) in [5.41, 5.74) is 2.66. The molecule has 6 nitrogen and oxygen atoms in total. The van der Waals surface area contributed by atoms with Gasteiger partial charge < -0.3 is 15.0 Å². The lowest BCUT2D eigenvalue weighted by atomic mass is 10.1. The molecule has 0 bridgehead atoms. The first kappa shape index (κ1) is 15.8. The molecule has 2 rings (SSSR count). The molecule has 116 valence electrons. The number of nitrogens with one attached hydrogen (secondary N) is 1. The van der Waals surface area contributed by atoms with E-state index >= 15 is 0 Å². The van der Waals surface area contributed by atoms with Crippen LogP contribution in [0.1, 0.15) is 11.1 Å². The van der Waals surface area contributed by atoms with E-state index in [4.69, 9.17) is 4.74 Å². The van der Waals surface area contributed by atoms with Crippen molar-refractivity contribution >= 4 is 17.4 Å². The maximum absolute atomic E-state index is 12.2. The number of hydrogen-bond acceptors (Lipinski definition) is 5. The fourth-order valence-corrected chi connectivity index (χ4v) is 2.09. The van der Waals surface area contributed by atoms with Crippen LogP contribution in [0.3, 0.4) is 0 Å². The van der Waals surface area contributed by atoms with Gasteiger partial charge in [0.1, 0.15) is 5.69 Å². The van der Waals surface area contributed by atoms with Gasteiger partial charge in [-0.25, -0.2) is 4.98 Å². The molecule has 0 saturated carbocycles. The van der Waals surface area contributed by atoms with Crippen LogP contribution >= 0.6 is 0 Å². The minimum atomic E-state index is -0.109. The van der Waals surface area contributed by atoms with Crippen molar-refractivity contribution in [3.05, 3.63) is 41.6 Å². The molecular formula is C16H20N4O2. The van der Waals surface area contributed by atoms with Gasteiger partial charge in [-0.2, -0.15) is 4.98 Å². The lowest BCUT2D eigenvalue weighted by molar-refractivity contribution is -0.115. The van der Waals surface area contributed by atoms with Gasteiger partial charge >= 0.3 is 6.01 Å². The minimum Gasteiger partial charge on any atom is -0.467 e. The average Bonchev–Trinajstić information content (AvgIpc) is 2.47. The largest absolute Gasteiger partial charge is 0.467 e. The predicted octanol–water partition coefficient (Wildman–Crippen LogP) is 2.04. The average molecular weight is 300 g/mol. The number of nitrogens with zero attached hydrogens (tertiary/aromatic N) is 3. The number of hydrogen-bond donors (Lipinski definition) is 1. The highest BCUT2D eigenvalue weighted by Crippen LogP contribution is 2.23. The summed E-state index contributed by atoms with van der Waals surface area (Å²) in [4.78, 5) is 22.3. The molecule has 1 aromatic heterocycles. The highest BCUT2D eigenvalue weighted by Gasteiger charge is 2.13. The molecule has 0 saturated heterocycles. The van der Waals surface area contributed by atoms with Crippen molar-refractivity contribution in [2.24, 2.45) is 0 Å². The van der Waals surface area contributed by atoms with Gasteiger partial charge in [-0.15, -0.1) is 0 Å². The number of aryl methyl sites for hydroxylation is 1. The van der Waals surface area contributed by atoms with E-state index in [1.807, 2.05) is 45.3 Å². The Hall–Kier alpha value is -2.63. The van der Waals surface area contributed by atoms with Gasteiger partial charge in [0.25, 0.3) is 0 Å². The number of anilines is 2. The van der Waals surface area contributed by atoms with Gasteiger partial charge in [0.2, 0.25) is 5.91 Å². The first-order valence-corrected chi connectivity index (χ1v) is 6.93. The first-order chi connectivity index (χ1) is 10.5. The second-order valence-electron chi connectivity index (χ2n) is 5.20. The number of carbonyl (C=O) groups is 1. The van der Waals surface area contributed by atoms with Crippen LogP contribution in [0.4, 0.5) is 11.5 Å². The number of benzene rings is 1. The Morgan fingerprint density at radius 3 is 2.77 bits per heavy atom. The van der Waals surface area contributed by atoms with E-state index in [-0.39, 0.29) is 11.9 Å². The fourth-order valence-electron chi connectivity index (χ4n) is 2.09. The van der Waals surface area contributed by atoms with Gasteiger partial charge in [-0.05, 0) is 12.5 Å². The van der Waals surface area contributed by atoms with Crippen molar-refractivity contribution < 1.29 is 9.53 Å². The molecule has 1 N–H and O–H groups in total. The second kappa shape index (κ2) is 6.89. The Kier molecular flexibility index (Phi) is 4.93. The molecule has 0 fully saturated rings. The number of aromatic nitrogens is 2. The summed E-state index contributed by atoms with van der Waals surface area (Å²) in [7, 11) is 5.20. The highest BCUT2D eigenvalue weighted by molar-refractivity contribution is 5.94. The molecule has 6 heteroatoms. The molecule has 0 aliphatic carbocycles. The third kappa shape index (κ3) is 3.94. The van der Waals surface area contributed by atoms with Gasteiger partial charge in [-0.3, -0.25) is 4.79 Å². The zero-order valence-electron chi connectivity index (χ0n) is 13.3. The Morgan fingerprint density at radius 1 is 1.36 bits per heavy atom. The summed E-state index contributed by atoms with van der Waals surface area (Å²) < 4.78 is 5.01. The third-order valence-electron chi connectivity index (χ3n) is 3.07. The smallest absolute Gasteiger partial charge is 0.318 e. The number of carbonyl (C=O) groups excluding carboxylic acids is 1. The van der Waals surface area contributed by atoms with E-state index in [2.05, 4.69) is 15.3 Å². The monoisotopic (exact) mass is 300 g/mol. The molecule has 22 heavy (non-hydrogen) atoms. The molecule has 0 aliphatic rings. The predicted molar refractivity (Wildman–Crippen MR) is 86.4 cm³/mol. The van der Waals surface area contributed by atoms with E-state index in [0.29, 0.717) is 17.9 Å². The summed E-state index contributed by atoms with van der Waals surface area (Å²) in [6, 6.07) is 8.14. The molecule has 1 heterocycles. The van der Waals surface area contributed by atoms with Gasteiger partial charge in [0.05, 0.1) is 19.7 Å². The summed E-state index contributed by atoms with van der Waals surface area (Å²) in [6.07, 6.45) is 1.86. The number of methoxy groups -OCH3 is 1. The summed E-state index contributed by atoms with van der Waals surface area (Å²) in [5.74, 6) is 0.493. The van der Waals surface area contributed by atoms with Crippen molar-refractivity contribution in [1.29, 1.82) is 0 Å². The molecule has 1 amide bonds. The van der Waals surface area contributed by atoms with Crippen molar-refractivity contribution in [3.63, 3.8) is 0 Å². The number of ether oxygens (including phenoxy) is 1. The lowest BCUT2D eigenvalue weighted by Gasteiger charge is -2.16. The standard InChI is InChI=1S/C16H20N4O2/c1-11-6-5-7-12(8-11)9-14(21)18-13-10-17-16(22-4)19-15(13)20(2)3/h5-8,10H,9H2,1-4H3,(H,18,21). The number of amides is 1. The molecule has 1 aromatic carbocycles. The Labute approximate surface area is 130 Å². The zero-order chi connectivity index (χ0) is 16.1. The molecule has 0 spiro atoms. The van der Waals surface area contributed by atoms with Crippen LogP contribution in [-0.2, 0) is 11.2 Å². The maximum Gasteiger partial charge on any atom is 0.318 e.